The fourth-order valence-corrected chi connectivity index (χ4v) is 4.58. The fourth-order valence-electron chi connectivity index (χ4n) is 3.71. The number of nitrogens with one attached hydrogen (secondary N) is 2. The number of ether oxygens (including phenoxy) is 1. The average molecular weight is 442 g/mol. The van der Waals surface area contributed by atoms with Gasteiger partial charge in [0, 0.05) is 17.4 Å². The largest absolute Gasteiger partial charge is 0.444 e. The number of fused-ring (bicyclic) bond motifs is 2. The van der Waals surface area contributed by atoms with Gasteiger partial charge in [-0.25, -0.2) is 9.78 Å². The van der Waals surface area contributed by atoms with Crippen molar-refractivity contribution in [3.8, 4) is 0 Å². The lowest BCUT2D eigenvalue weighted by Crippen LogP contribution is -2.27. The van der Waals surface area contributed by atoms with Crippen LogP contribution in [0.2, 0.25) is 0 Å². The number of carbonyl (C=O) groups excluding carboxylic acids is 1. The standard InChI is InChI=1S/C22H27N5O3S/c1-5-14-12-18(28)27-20(23-14)31-19(26-27)25-17-8-6-7-13-11-15(9-10-16(13)17)24-21(29)30-22(2,3)4/h9-12,17H,5-8H2,1-4H3,(H,24,29)(H,25,26). The first kappa shape index (κ1) is 21.3. The summed E-state index contributed by atoms with van der Waals surface area (Å²) < 4.78 is 6.69. The van der Waals surface area contributed by atoms with Gasteiger partial charge in [-0.3, -0.25) is 10.1 Å². The van der Waals surface area contributed by atoms with Gasteiger partial charge in [0.05, 0.1) is 6.04 Å². The summed E-state index contributed by atoms with van der Waals surface area (Å²) in [7, 11) is 0. The van der Waals surface area contributed by atoms with Gasteiger partial charge in [0.2, 0.25) is 10.1 Å². The summed E-state index contributed by atoms with van der Waals surface area (Å²) in [6, 6.07) is 7.55. The summed E-state index contributed by atoms with van der Waals surface area (Å²) in [5, 5.41) is 11.4. The molecule has 0 radical (unpaired) electrons. The molecule has 4 rings (SSSR count). The van der Waals surface area contributed by atoms with E-state index in [0.717, 1.165) is 30.6 Å². The van der Waals surface area contributed by atoms with Crippen molar-refractivity contribution in [1.82, 2.24) is 14.6 Å². The molecule has 8 nitrogen and oxygen atoms in total. The molecular weight excluding hydrogens is 414 g/mol. The van der Waals surface area contributed by atoms with Crippen molar-refractivity contribution in [2.75, 3.05) is 10.6 Å². The topological polar surface area (TPSA) is 97.6 Å². The molecule has 1 unspecified atom stereocenters. The molecule has 2 heterocycles. The highest BCUT2D eigenvalue weighted by atomic mass is 32.1. The molecule has 9 heteroatoms. The molecule has 0 saturated heterocycles. The monoisotopic (exact) mass is 441 g/mol. The molecule has 2 N–H and O–H groups in total. The molecular formula is C22H27N5O3S. The molecule has 0 saturated carbocycles. The molecule has 0 aliphatic heterocycles. The lowest BCUT2D eigenvalue weighted by atomic mass is 9.87. The van der Waals surface area contributed by atoms with Gasteiger partial charge in [-0.15, -0.1) is 5.10 Å². The van der Waals surface area contributed by atoms with Crippen molar-refractivity contribution < 1.29 is 9.53 Å². The molecule has 0 bridgehead atoms. The first-order valence-electron chi connectivity index (χ1n) is 10.5. The van der Waals surface area contributed by atoms with E-state index in [-0.39, 0.29) is 11.6 Å². The Morgan fingerprint density at radius 2 is 2.13 bits per heavy atom. The van der Waals surface area contributed by atoms with Crippen molar-refractivity contribution in [3.63, 3.8) is 0 Å². The summed E-state index contributed by atoms with van der Waals surface area (Å²) in [6.45, 7) is 7.49. The van der Waals surface area contributed by atoms with E-state index in [1.165, 1.54) is 33.0 Å². The Labute approximate surface area is 184 Å². The Morgan fingerprint density at radius 3 is 2.87 bits per heavy atom. The Kier molecular flexibility index (Phi) is 5.70. The molecule has 2 aromatic heterocycles. The summed E-state index contributed by atoms with van der Waals surface area (Å²) in [6.07, 6.45) is 3.17. The highest BCUT2D eigenvalue weighted by molar-refractivity contribution is 7.20. The number of aromatic nitrogens is 3. The number of benzene rings is 1. The van der Waals surface area contributed by atoms with E-state index in [0.29, 0.717) is 16.5 Å². The predicted octanol–water partition coefficient (Wildman–Crippen LogP) is 4.55. The van der Waals surface area contributed by atoms with Crippen molar-refractivity contribution in [2.24, 2.45) is 0 Å². The van der Waals surface area contributed by atoms with Crippen molar-refractivity contribution in [3.05, 3.63) is 51.4 Å². The minimum Gasteiger partial charge on any atom is -0.444 e. The van der Waals surface area contributed by atoms with Crippen LogP contribution >= 0.6 is 11.3 Å². The number of rotatable bonds is 4. The van der Waals surface area contributed by atoms with Gasteiger partial charge in [0.25, 0.3) is 5.56 Å². The minimum absolute atomic E-state index is 0.0845. The number of nitrogens with zero attached hydrogens (tertiary/aromatic N) is 3. The number of hydrogen-bond acceptors (Lipinski definition) is 7. The molecule has 3 aromatic rings. The average Bonchev–Trinajstić information content (AvgIpc) is 3.09. The first-order valence-corrected chi connectivity index (χ1v) is 11.3. The molecule has 0 fully saturated rings. The highest BCUT2D eigenvalue weighted by Crippen LogP contribution is 2.35. The summed E-state index contributed by atoms with van der Waals surface area (Å²) in [5.74, 6) is 0. The maximum atomic E-state index is 12.3. The minimum atomic E-state index is -0.542. The van der Waals surface area contributed by atoms with E-state index in [1.807, 2.05) is 45.9 Å². The Balaban J connectivity index is 1.53. The number of aryl methyl sites for hydroxylation is 2. The van der Waals surface area contributed by atoms with Crippen molar-refractivity contribution in [2.45, 2.75) is 65.0 Å². The third-order valence-corrected chi connectivity index (χ3v) is 5.90. The van der Waals surface area contributed by atoms with Gasteiger partial charge >= 0.3 is 6.09 Å². The second-order valence-electron chi connectivity index (χ2n) is 8.67. The SMILES string of the molecule is CCc1cc(=O)n2nc(NC3CCCc4cc(NC(=O)OC(C)(C)C)ccc43)sc2n1. The second kappa shape index (κ2) is 8.30. The van der Waals surface area contributed by atoms with E-state index in [9.17, 15) is 9.59 Å². The zero-order valence-corrected chi connectivity index (χ0v) is 19.0. The third kappa shape index (κ3) is 4.87. The van der Waals surface area contributed by atoms with Crippen LogP contribution in [0.4, 0.5) is 15.6 Å². The van der Waals surface area contributed by atoms with Crippen LogP contribution < -0.4 is 16.2 Å². The second-order valence-corrected chi connectivity index (χ2v) is 9.63. The maximum Gasteiger partial charge on any atom is 0.412 e. The van der Waals surface area contributed by atoms with E-state index >= 15 is 0 Å². The normalized spacial score (nSPS) is 16.1. The van der Waals surface area contributed by atoms with E-state index < -0.39 is 11.7 Å². The maximum absolute atomic E-state index is 12.3. The van der Waals surface area contributed by atoms with Crippen LogP contribution in [0.15, 0.2) is 29.1 Å². The van der Waals surface area contributed by atoms with Gasteiger partial charge < -0.3 is 10.1 Å². The molecule has 164 valence electrons. The van der Waals surface area contributed by atoms with Gasteiger partial charge in [-0.1, -0.05) is 24.3 Å². The van der Waals surface area contributed by atoms with E-state index in [2.05, 4.69) is 20.7 Å². The lowest BCUT2D eigenvalue weighted by Gasteiger charge is -2.27. The van der Waals surface area contributed by atoms with Crippen LogP contribution in [-0.4, -0.2) is 26.3 Å². The molecule has 1 atom stereocenters. The van der Waals surface area contributed by atoms with E-state index in [4.69, 9.17) is 4.74 Å². The zero-order chi connectivity index (χ0) is 22.2. The third-order valence-electron chi connectivity index (χ3n) is 5.06. The van der Waals surface area contributed by atoms with E-state index in [1.54, 1.807) is 0 Å². The number of hydrogen-bond donors (Lipinski definition) is 2. The van der Waals surface area contributed by atoms with Crippen LogP contribution in [0.5, 0.6) is 0 Å². The highest BCUT2D eigenvalue weighted by Gasteiger charge is 2.23. The van der Waals surface area contributed by atoms with Gasteiger partial charge in [0.1, 0.15) is 5.60 Å². The van der Waals surface area contributed by atoms with Gasteiger partial charge in [-0.05, 0) is 69.7 Å². The summed E-state index contributed by atoms with van der Waals surface area (Å²) in [4.78, 5) is 29.4. The fraction of sp³-hybridized carbons (Fsp3) is 0.455. The number of amides is 1. The first-order chi connectivity index (χ1) is 14.7. The molecule has 1 aromatic carbocycles. The Bertz CT molecular complexity index is 1180. The predicted molar refractivity (Wildman–Crippen MR) is 122 cm³/mol. The van der Waals surface area contributed by atoms with Crippen LogP contribution in [0.3, 0.4) is 0 Å². The molecule has 1 amide bonds. The number of carbonyl (C=O) groups is 1. The summed E-state index contributed by atoms with van der Waals surface area (Å²) in [5.41, 5.74) is 3.15. The molecule has 0 spiro atoms. The Hall–Kier alpha value is -2.94. The van der Waals surface area contributed by atoms with Crippen LogP contribution in [0, 0.1) is 0 Å². The lowest BCUT2D eigenvalue weighted by molar-refractivity contribution is 0.0636. The smallest absolute Gasteiger partial charge is 0.412 e. The van der Waals surface area contributed by atoms with Crippen LogP contribution in [-0.2, 0) is 17.6 Å². The Morgan fingerprint density at radius 1 is 1.32 bits per heavy atom. The van der Waals surface area contributed by atoms with Crippen molar-refractivity contribution >= 4 is 33.2 Å². The summed E-state index contributed by atoms with van der Waals surface area (Å²) >= 11 is 1.38. The van der Waals surface area contributed by atoms with Gasteiger partial charge in [0.15, 0.2) is 0 Å². The molecule has 1 aliphatic rings. The number of anilines is 2. The zero-order valence-electron chi connectivity index (χ0n) is 18.2. The van der Waals surface area contributed by atoms with Crippen LogP contribution in [0.25, 0.3) is 4.96 Å². The van der Waals surface area contributed by atoms with Crippen molar-refractivity contribution in [1.29, 1.82) is 0 Å². The molecule has 31 heavy (non-hydrogen) atoms. The van der Waals surface area contributed by atoms with Gasteiger partial charge in [-0.2, -0.15) is 4.52 Å². The quantitative estimate of drug-likeness (QED) is 0.616. The van der Waals surface area contributed by atoms with Crippen LogP contribution in [0.1, 0.15) is 63.4 Å². The molecule has 1 aliphatic carbocycles.